The molecule has 0 saturated heterocycles. The van der Waals surface area contributed by atoms with Crippen molar-refractivity contribution in [2.45, 2.75) is 26.8 Å². The zero-order valence-electron chi connectivity index (χ0n) is 12.8. The minimum Gasteiger partial charge on any atom is -0.351 e. The molecule has 3 aromatic rings. The number of anilines is 1. The van der Waals surface area contributed by atoms with Crippen LogP contribution < -0.4 is 5.32 Å². The van der Waals surface area contributed by atoms with E-state index in [0.717, 1.165) is 27.0 Å². The number of aromatic nitrogens is 6. The molecule has 7 nitrogen and oxygen atoms in total. The van der Waals surface area contributed by atoms with Crippen LogP contribution in [-0.4, -0.2) is 29.5 Å². The molecule has 0 aliphatic rings. The maximum atomic E-state index is 4.65. The molecule has 1 N–H and O–H groups in total. The molecular weight excluding hydrogens is 286 g/mol. The summed E-state index contributed by atoms with van der Waals surface area (Å²) in [4.78, 5) is 9.00. The van der Waals surface area contributed by atoms with E-state index >= 15 is 0 Å². The predicted octanol–water partition coefficient (Wildman–Crippen LogP) is 2.28. The van der Waals surface area contributed by atoms with Gasteiger partial charge in [-0.05, 0) is 12.8 Å². The second-order valence-electron chi connectivity index (χ2n) is 5.49. The highest BCUT2D eigenvalue weighted by molar-refractivity contribution is 7.22. The highest BCUT2D eigenvalue weighted by atomic mass is 32.1. The van der Waals surface area contributed by atoms with Gasteiger partial charge in [-0.15, -0.1) is 0 Å². The average molecular weight is 305 g/mol. The number of thiazole rings is 1. The van der Waals surface area contributed by atoms with Crippen molar-refractivity contribution in [2.75, 3.05) is 5.32 Å². The fraction of sp³-hybridized carbons (Fsp3) is 0.538. The topological polar surface area (TPSA) is 73.5 Å². The number of nitrogens with zero attached hydrogens (tertiary/aromatic N) is 6. The van der Waals surface area contributed by atoms with E-state index in [0.29, 0.717) is 5.92 Å². The van der Waals surface area contributed by atoms with Crippen molar-refractivity contribution in [1.29, 1.82) is 0 Å². The van der Waals surface area contributed by atoms with Crippen molar-refractivity contribution in [3.63, 3.8) is 0 Å². The molecule has 3 heterocycles. The molecule has 0 aliphatic carbocycles. The van der Waals surface area contributed by atoms with Crippen molar-refractivity contribution in [3.8, 4) is 0 Å². The van der Waals surface area contributed by atoms with E-state index in [-0.39, 0.29) is 6.04 Å². The summed E-state index contributed by atoms with van der Waals surface area (Å²) in [6.45, 7) is 6.33. The molecule has 112 valence electrons. The van der Waals surface area contributed by atoms with Crippen LogP contribution in [0.1, 0.15) is 31.4 Å². The number of nitrogens with one attached hydrogen (secondary N) is 1. The van der Waals surface area contributed by atoms with Gasteiger partial charge in [-0.25, -0.2) is 14.6 Å². The molecule has 0 radical (unpaired) electrons. The first-order valence-electron chi connectivity index (χ1n) is 6.88. The Balaban J connectivity index is 1.95. The van der Waals surface area contributed by atoms with Crippen molar-refractivity contribution in [2.24, 2.45) is 20.0 Å². The fourth-order valence-corrected chi connectivity index (χ4v) is 3.36. The summed E-state index contributed by atoms with van der Waals surface area (Å²) in [6.07, 6.45) is 1.58. The van der Waals surface area contributed by atoms with Gasteiger partial charge in [-0.3, -0.25) is 4.68 Å². The quantitative estimate of drug-likeness (QED) is 0.800. The normalized spacial score (nSPS) is 13.2. The third kappa shape index (κ3) is 2.39. The summed E-state index contributed by atoms with van der Waals surface area (Å²) in [6, 6.07) is 0.0753. The predicted molar refractivity (Wildman–Crippen MR) is 83.3 cm³/mol. The summed E-state index contributed by atoms with van der Waals surface area (Å²) in [5.41, 5.74) is 1.93. The van der Waals surface area contributed by atoms with Crippen LogP contribution in [0.3, 0.4) is 0 Å². The summed E-state index contributed by atoms with van der Waals surface area (Å²) in [5, 5.41) is 12.9. The third-order valence-electron chi connectivity index (χ3n) is 3.51. The van der Waals surface area contributed by atoms with Gasteiger partial charge in [-0.2, -0.15) is 10.2 Å². The van der Waals surface area contributed by atoms with Crippen molar-refractivity contribution >= 4 is 26.8 Å². The molecule has 1 atom stereocenters. The molecule has 8 heteroatoms. The molecule has 21 heavy (non-hydrogen) atoms. The molecule has 0 spiro atoms. The summed E-state index contributed by atoms with van der Waals surface area (Å²) >= 11 is 1.63. The maximum absolute atomic E-state index is 4.65. The first-order valence-corrected chi connectivity index (χ1v) is 7.69. The van der Waals surface area contributed by atoms with Crippen LogP contribution >= 0.6 is 11.3 Å². The Labute approximate surface area is 127 Å². The zero-order valence-corrected chi connectivity index (χ0v) is 13.6. The molecule has 0 aromatic carbocycles. The Morgan fingerprint density at radius 3 is 2.57 bits per heavy atom. The van der Waals surface area contributed by atoms with Gasteiger partial charge in [-0.1, -0.05) is 25.2 Å². The molecule has 0 amide bonds. The first-order chi connectivity index (χ1) is 9.97. The van der Waals surface area contributed by atoms with Crippen LogP contribution in [0, 0.1) is 12.8 Å². The Hall–Kier alpha value is -1.96. The molecule has 0 saturated carbocycles. The minimum absolute atomic E-state index is 0.0753. The van der Waals surface area contributed by atoms with E-state index in [2.05, 4.69) is 39.3 Å². The van der Waals surface area contributed by atoms with E-state index in [9.17, 15) is 0 Å². The Bertz CT molecular complexity index is 732. The lowest BCUT2D eigenvalue weighted by Crippen LogP contribution is -2.20. The SMILES string of the molecule is Cc1nn(C)c2nc(N[C@H](c3ncnn3C)C(C)C)sc12. The van der Waals surface area contributed by atoms with Gasteiger partial charge < -0.3 is 5.32 Å². The molecule has 0 bridgehead atoms. The van der Waals surface area contributed by atoms with Gasteiger partial charge in [0.1, 0.15) is 12.2 Å². The van der Waals surface area contributed by atoms with Crippen LogP contribution in [0.25, 0.3) is 10.3 Å². The smallest absolute Gasteiger partial charge is 0.186 e. The van der Waals surface area contributed by atoms with Gasteiger partial charge in [0.25, 0.3) is 0 Å². The molecule has 3 aromatic heterocycles. The van der Waals surface area contributed by atoms with Crippen LogP contribution in [-0.2, 0) is 14.1 Å². The van der Waals surface area contributed by atoms with Gasteiger partial charge >= 0.3 is 0 Å². The number of aryl methyl sites for hydroxylation is 3. The lowest BCUT2D eigenvalue weighted by Gasteiger charge is -2.20. The molecule has 0 fully saturated rings. The Morgan fingerprint density at radius 1 is 1.24 bits per heavy atom. The molecular formula is C13H19N7S. The van der Waals surface area contributed by atoms with Crippen LogP contribution in [0.2, 0.25) is 0 Å². The summed E-state index contributed by atoms with van der Waals surface area (Å²) in [7, 11) is 3.83. The number of hydrogen-bond donors (Lipinski definition) is 1. The van der Waals surface area contributed by atoms with Gasteiger partial charge in [0.2, 0.25) is 0 Å². The first kappa shape index (κ1) is 14.0. The van der Waals surface area contributed by atoms with Crippen LogP contribution in [0.5, 0.6) is 0 Å². The zero-order chi connectivity index (χ0) is 15.1. The monoisotopic (exact) mass is 305 g/mol. The fourth-order valence-electron chi connectivity index (χ4n) is 2.40. The largest absolute Gasteiger partial charge is 0.351 e. The summed E-state index contributed by atoms with van der Waals surface area (Å²) in [5.74, 6) is 1.29. The van der Waals surface area contributed by atoms with E-state index in [1.54, 1.807) is 22.3 Å². The lowest BCUT2D eigenvalue weighted by atomic mass is 10.0. The highest BCUT2D eigenvalue weighted by Gasteiger charge is 2.22. The second-order valence-corrected chi connectivity index (χ2v) is 6.49. The maximum Gasteiger partial charge on any atom is 0.186 e. The number of rotatable bonds is 4. The van der Waals surface area contributed by atoms with E-state index < -0.39 is 0 Å². The van der Waals surface area contributed by atoms with E-state index in [1.165, 1.54) is 0 Å². The molecule has 3 rings (SSSR count). The van der Waals surface area contributed by atoms with Gasteiger partial charge in [0.05, 0.1) is 16.4 Å². The van der Waals surface area contributed by atoms with Crippen molar-refractivity contribution in [1.82, 2.24) is 29.5 Å². The second kappa shape index (κ2) is 5.10. The number of hydrogen-bond acceptors (Lipinski definition) is 6. The van der Waals surface area contributed by atoms with Crippen molar-refractivity contribution in [3.05, 3.63) is 17.8 Å². The average Bonchev–Trinajstić information content (AvgIpc) is 3.06. The lowest BCUT2D eigenvalue weighted by molar-refractivity contribution is 0.497. The highest BCUT2D eigenvalue weighted by Crippen LogP contribution is 2.32. The van der Waals surface area contributed by atoms with Crippen LogP contribution in [0.15, 0.2) is 6.33 Å². The standard InChI is InChI=1S/C13H19N7S/c1-7(2)9(11-14-6-15-19(11)4)16-13-17-12-10(21-13)8(3)18-20(12)5/h6-7,9H,1-5H3,(H,16,17)/t9-/m0/s1. The van der Waals surface area contributed by atoms with Crippen LogP contribution in [0.4, 0.5) is 5.13 Å². The van der Waals surface area contributed by atoms with E-state index in [4.69, 9.17) is 0 Å². The van der Waals surface area contributed by atoms with Gasteiger partial charge in [0, 0.05) is 14.1 Å². The van der Waals surface area contributed by atoms with Gasteiger partial charge in [0.15, 0.2) is 10.8 Å². The van der Waals surface area contributed by atoms with E-state index in [1.807, 2.05) is 25.7 Å². The Morgan fingerprint density at radius 2 is 2.00 bits per heavy atom. The summed E-state index contributed by atoms with van der Waals surface area (Å²) < 4.78 is 4.75. The Kier molecular flexibility index (Phi) is 3.40. The molecule has 0 unspecified atom stereocenters. The third-order valence-corrected chi connectivity index (χ3v) is 4.60. The number of fused-ring (bicyclic) bond motifs is 1. The molecule has 0 aliphatic heterocycles. The van der Waals surface area contributed by atoms with Crippen molar-refractivity contribution < 1.29 is 0 Å². The minimum atomic E-state index is 0.0753.